The van der Waals surface area contributed by atoms with Crippen LogP contribution in [0.2, 0.25) is 0 Å². The summed E-state index contributed by atoms with van der Waals surface area (Å²) in [5, 5.41) is 0. The van der Waals surface area contributed by atoms with E-state index >= 15 is 0 Å². The lowest BCUT2D eigenvalue weighted by Crippen LogP contribution is -2.27. The SMILES string of the molecule is CCCCCCCCCCC1COC(c2ccc(-c3ccc(OCCCCCCCC)c(F)c3)nc2)OC1. The van der Waals surface area contributed by atoms with Gasteiger partial charge in [0.05, 0.1) is 25.5 Å². The molecule has 0 saturated carbocycles. The highest BCUT2D eigenvalue weighted by atomic mass is 19.1. The summed E-state index contributed by atoms with van der Waals surface area (Å²) in [5.74, 6) is 0.439. The Balaban J connectivity index is 1.35. The van der Waals surface area contributed by atoms with Crippen molar-refractivity contribution in [1.29, 1.82) is 0 Å². The molecule has 1 aromatic heterocycles. The Kier molecular flexibility index (Phi) is 14.7. The van der Waals surface area contributed by atoms with E-state index in [1.807, 2.05) is 18.2 Å². The maximum absolute atomic E-state index is 14.6. The molecule has 4 nitrogen and oxygen atoms in total. The monoisotopic (exact) mass is 527 g/mol. The summed E-state index contributed by atoms with van der Waals surface area (Å²) in [6.07, 6.45) is 20.4. The fraction of sp³-hybridized carbons (Fsp3) is 0.667. The van der Waals surface area contributed by atoms with Crippen molar-refractivity contribution in [3.63, 3.8) is 0 Å². The highest BCUT2D eigenvalue weighted by molar-refractivity contribution is 5.60. The first kappa shape index (κ1) is 30.6. The number of rotatable bonds is 19. The number of pyridine rings is 1. The second-order valence-corrected chi connectivity index (χ2v) is 10.9. The van der Waals surface area contributed by atoms with Crippen molar-refractivity contribution in [3.05, 3.63) is 47.9 Å². The van der Waals surface area contributed by atoms with Crippen LogP contribution in [-0.2, 0) is 9.47 Å². The first-order valence-electron chi connectivity index (χ1n) is 15.3. The van der Waals surface area contributed by atoms with Gasteiger partial charge in [-0.15, -0.1) is 0 Å². The Morgan fingerprint density at radius 3 is 2.03 bits per heavy atom. The van der Waals surface area contributed by atoms with E-state index in [0.29, 0.717) is 18.3 Å². The summed E-state index contributed by atoms with van der Waals surface area (Å²) in [5.41, 5.74) is 2.36. The van der Waals surface area contributed by atoms with E-state index in [1.165, 1.54) is 89.5 Å². The standard InChI is InChI=1S/C33H50FNO3/c1-3-5-7-9-11-12-13-15-17-27-25-37-33(38-26-27)29-18-20-31(35-24-29)28-19-21-32(30(34)23-28)36-22-16-14-10-8-6-4-2/h18-21,23-24,27,33H,3-17,22,25-26H2,1-2H3. The third-order valence-corrected chi connectivity index (χ3v) is 7.47. The van der Waals surface area contributed by atoms with E-state index in [-0.39, 0.29) is 12.1 Å². The van der Waals surface area contributed by atoms with E-state index in [0.717, 1.165) is 42.9 Å². The number of hydrogen-bond acceptors (Lipinski definition) is 4. The number of ether oxygens (including phenoxy) is 3. The number of benzene rings is 1. The molecule has 2 aromatic rings. The van der Waals surface area contributed by atoms with E-state index in [9.17, 15) is 4.39 Å². The third kappa shape index (κ3) is 11.0. The van der Waals surface area contributed by atoms with Crippen LogP contribution in [0.1, 0.15) is 122 Å². The van der Waals surface area contributed by atoms with Crippen LogP contribution in [0.4, 0.5) is 4.39 Å². The minimum Gasteiger partial charge on any atom is -0.491 e. The zero-order valence-electron chi connectivity index (χ0n) is 23.9. The molecule has 1 aromatic carbocycles. The quantitative estimate of drug-likeness (QED) is 0.170. The molecular formula is C33H50FNO3. The van der Waals surface area contributed by atoms with Crippen LogP contribution in [0.5, 0.6) is 5.75 Å². The predicted octanol–water partition coefficient (Wildman–Crippen LogP) is 9.82. The first-order valence-corrected chi connectivity index (χ1v) is 15.3. The Bertz CT molecular complexity index is 880. The average Bonchev–Trinajstić information content (AvgIpc) is 2.95. The number of hydrogen-bond donors (Lipinski definition) is 0. The smallest absolute Gasteiger partial charge is 0.185 e. The Morgan fingerprint density at radius 1 is 0.789 bits per heavy atom. The van der Waals surface area contributed by atoms with Gasteiger partial charge in [-0.2, -0.15) is 0 Å². The summed E-state index contributed by atoms with van der Waals surface area (Å²) >= 11 is 0. The first-order chi connectivity index (χ1) is 18.7. The van der Waals surface area contributed by atoms with Crippen molar-refractivity contribution < 1.29 is 18.6 Å². The maximum Gasteiger partial charge on any atom is 0.185 e. The molecule has 5 heteroatoms. The molecule has 0 radical (unpaired) electrons. The van der Waals surface area contributed by atoms with Crippen molar-refractivity contribution >= 4 is 0 Å². The lowest BCUT2D eigenvalue weighted by molar-refractivity contribution is -0.206. The van der Waals surface area contributed by atoms with Crippen LogP contribution >= 0.6 is 0 Å². The second kappa shape index (κ2) is 18.3. The number of unbranched alkanes of at least 4 members (excludes halogenated alkanes) is 12. The highest BCUT2D eigenvalue weighted by Crippen LogP contribution is 2.29. The van der Waals surface area contributed by atoms with Gasteiger partial charge in [0.2, 0.25) is 0 Å². The normalized spacial score (nSPS) is 17.6. The molecule has 0 unspecified atom stereocenters. The van der Waals surface area contributed by atoms with Crippen molar-refractivity contribution in [2.75, 3.05) is 19.8 Å². The molecule has 0 spiro atoms. The fourth-order valence-electron chi connectivity index (χ4n) is 5.03. The Hall–Kier alpha value is -1.98. The molecule has 3 rings (SSSR count). The van der Waals surface area contributed by atoms with E-state index in [4.69, 9.17) is 14.2 Å². The van der Waals surface area contributed by atoms with Crippen LogP contribution in [0, 0.1) is 11.7 Å². The molecule has 38 heavy (non-hydrogen) atoms. The van der Waals surface area contributed by atoms with Gasteiger partial charge in [0.25, 0.3) is 0 Å². The zero-order valence-corrected chi connectivity index (χ0v) is 23.9. The molecule has 1 aliphatic rings. The number of aromatic nitrogens is 1. The minimum absolute atomic E-state index is 0.310. The van der Waals surface area contributed by atoms with Crippen molar-refractivity contribution in [2.45, 2.75) is 116 Å². The van der Waals surface area contributed by atoms with E-state index in [1.54, 1.807) is 12.3 Å². The fourth-order valence-corrected chi connectivity index (χ4v) is 5.03. The molecule has 0 aliphatic carbocycles. The molecule has 0 bridgehead atoms. The van der Waals surface area contributed by atoms with Crippen molar-refractivity contribution in [3.8, 4) is 17.0 Å². The molecule has 1 saturated heterocycles. The van der Waals surface area contributed by atoms with Gasteiger partial charge in [-0.1, -0.05) is 103 Å². The molecule has 0 atom stereocenters. The summed E-state index contributed by atoms with van der Waals surface area (Å²) in [7, 11) is 0. The molecule has 1 fully saturated rings. The van der Waals surface area contributed by atoms with Gasteiger partial charge in [-0.3, -0.25) is 4.98 Å². The second-order valence-electron chi connectivity index (χ2n) is 10.9. The highest BCUT2D eigenvalue weighted by Gasteiger charge is 2.23. The van der Waals surface area contributed by atoms with E-state index < -0.39 is 0 Å². The number of nitrogens with zero attached hydrogens (tertiary/aromatic N) is 1. The van der Waals surface area contributed by atoms with Gasteiger partial charge in [0, 0.05) is 23.2 Å². The van der Waals surface area contributed by atoms with Crippen molar-refractivity contribution in [2.24, 2.45) is 5.92 Å². The van der Waals surface area contributed by atoms with Gasteiger partial charge < -0.3 is 14.2 Å². The Morgan fingerprint density at radius 2 is 1.42 bits per heavy atom. The summed E-state index contributed by atoms with van der Waals surface area (Å²) < 4.78 is 32.3. The minimum atomic E-state index is -0.374. The van der Waals surface area contributed by atoms with Crippen LogP contribution < -0.4 is 4.74 Å². The van der Waals surface area contributed by atoms with Gasteiger partial charge in [-0.25, -0.2) is 4.39 Å². The van der Waals surface area contributed by atoms with Crippen LogP contribution in [0.3, 0.4) is 0 Å². The Labute approximate surface area is 230 Å². The number of halogens is 1. The maximum atomic E-state index is 14.6. The third-order valence-electron chi connectivity index (χ3n) is 7.47. The summed E-state index contributed by atoms with van der Waals surface area (Å²) in [6.45, 7) is 6.49. The van der Waals surface area contributed by atoms with Crippen molar-refractivity contribution in [1.82, 2.24) is 4.98 Å². The van der Waals surface area contributed by atoms with Crippen LogP contribution in [0.25, 0.3) is 11.3 Å². The molecule has 1 aliphatic heterocycles. The van der Waals surface area contributed by atoms with Crippen LogP contribution in [0.15, 0.2) is 36.5 Å². The molecule has 2 heterocycles. The van der Waals surface area contributed by atoms with Gasteiger partial charge >= 0.3 is 0 Å². The molecule has 212 valence electrons. The topological polar surface area (TPSA) is 40.6 Å². The molecule has 0 amide bonds. The predicted molar refractivity (Wildman–Crippen MR) is 154 cm³/mol. The lowest BCUT2D eigenvalue weighted by Gasteiger charge is -2.29. The molecular weight excluding hydrogens is 477 g/mol. The molecule has 0 N–H and O–H groups in total. The van der Waals surface area contributed by atoms with Gasteiger partial charge in [0.1, 0.15) is 0 Å². The zero-order chi connectivity index (χ0) is 26.8. The summed E-state index contributed by atoms with van der Waals surface area (Å²) in [4.78, 5) is 4.55. The van der Waals surface area contributed by atoms with Gasteiger partial charge in [-0.05, 0) is 37.1 Å². The average molecular weight is 528 g/mol. The van der Waals surface area contributed by atoms with Crippen LogP contribution in [-0.4, -0.2) is 24.8 Å². The van der Waals surface area contributed by atoms with E-state index in [2.05, 4.69) is 18.8 Å². The van der Waals surface area contributed by atoms with Gasteiger partial charge in [0.15, 0.2) is 17.9 Å². The largest absolute Gasteiger partial charge is 0.491 e. The summed E-state index contributed by atoms with van der Waals surface area (Å²) in [6, 6.07) is 8.94. The lowest BCUT2D eigenvalue weighted by atomic mass is 10.0.